The molecule has 90 valence electrons. The first-order valence-corrected chi connectivity index (χ1v) is 5.01. The van der Waals surface area contributed by atoms with Gasteiger partial charge in [-0.25, -0.2) is 4.79 Å². The minimum atomic E-state index is -1.22. The molecule has 0 aromatic carbocycles. The molecule has 0 spiro atoms. The van der Waals surface area contributed by atoms with Crippen molar-refractivity contribution in [2.75, 3.05) is 6.61 Å². The highest BCUT2D eigenvalue weighted by atomic mass is 16.7. The van der Waals surface area contributed by atoms with E-state index in [1.54, 1.807) is 13.8 Å². The quantitative estimate of drug-likeness (QED) is 0.543. The van der Waals surface area contributed by atoms with Gasteiger partial charge in [-0.3, -0.25) is 4.79 Å². The molecule has 0 aromatic heterocycles. The third kappa shape index (κ3) is 1.96. The Hall–Kier alpha value is -1.34. The summed E-state index contributed by atoms with van der Waals surface area (Å²) in [4.78, 5) is 21.6. The number of carbonyl (C=O) groups is 2. The van der Waals surface area contributed by atoms with Gasteiger partial charge in [-0.2, -0.15) is 0 Å². The fraction of sp³-hybridized carbons (Fsp3) is 0.778. The molecule has 0 radical (unpaired) electrons. The molecule has 7 heteroatoms. The number of amides is 2. The molecule has 3 N–H and O–H groups in total. The number of β-lactam (4-membered cyclic amide) rings is 1. The van der Waals surface area contributed by atoms with Crippen LogP contribution >= 0.6 is 0 Å². The second kappa shape index (κ2) is 3.60. The molecule has 0 aromatic rings. The van der Waals surface area contributed by atoms with Gasteiger partial charge in [-0.15, -0.1) is 0 Å². The van der Waals surface area contributed by atoms with Gasteiger partial charge in [0.1, 0.15) is 12.1 Å². The van der Waals surface area contributed by atoms with Crippen molar-refractivity contribution in [1.29, 1.82) is 0 Å². The molecule has 2 fully saturated rings. The van der Waals surface area contributed by atoms with E-state index >= 15 is 0 Å². The summed E-state index contributed by atoms with van der Waals surface area (Å²) >= 11 is 0. The summed E-state index contributed by atoms with van der Waals surface area (Å²) in [5.41, 5.74) is 0. The molecule has 7 nitrogen and oxygen atoms in total. The second-order valence-corrected chi connectivity index (χ2v) is 4.33. The molecule has 2 rings (SSSR count). The number of carboxylic acid groups (broad SMARTS) is 1. The number of hydrogen-bond donors (Lipinski definition) is 3. The van der Waals surface area contributed by atoms with Gasteiger partial charge < -0.3 is 25.2 Å². The summed E-state index contributed by atoms with van der Waals surface area (Å²) in [6.45, 7) is 3.88. The first-order valence-electron chi connectivity index (χ1n) is 5.01. The zero-order valence-electron chi connectivity index (χ0n) is 9.02. The minimum Gasteiger partial charge on any atom is -0.465 e. The molecule has 0 bridgehead atoms. The van der Waals surface area contributed by atoms with E-state index in [-0.39, 0.29) is 18.1 Å². The van der Waals surface area contributed by atoms with Crippen molar-refractivity contribution in [3.63, 3.8) is 0 Å². The Morgan fingerprint density at radius 1 is 1.62 bits per heavy atom. The summed E-state index contributed by atoms with van der Waals surface area (Å²) in [6, 6.07) is -1.11. The highest BCUT2D eigenvalue weighted by molar-refractivity contribution is 5.92. The lowest BCUT2D eigenvalue weighted by Crippen LogP contribution is -2.73. The van der Waals surface area contributed by atoms with Gasteiger partial charge in [0.2, 0.25) is 5.91 Å². The van der Waals surface area contributed by atoms with Gasteiger partial charge in [0.25, 0.3) is 0 Å². The lowest BCUT2D eigenvalue weighted by Gasteiger charge is -2.39. The molecule has 16 heavy (non-hydrogen) atoms. The minimum absolute atomic E-state index is 0.315. The van der Waals surface area contributed by atoms with Crippen LogP contribution in [-0.4, -0.2) is 47.7 Å². The Balaban J connectivity index is 1.96. The summed E-state index contributed by atoms with van der Waals surface area (Å²) in [7, 11) is 0. The Labute approximate surface area is 92.1 Å². The lowest BCUT2D eigenvalue weighted by atomic mass is 9.94. The monoisotopic (exact) mass is 230 g/mol. The van der Waals surface area contributed by atoms with Crippen LogP contribution in [0.1, 0.15) is 13.8 Å². The van der Waals surface area contributed by atoms with Crippen LogP contribution in [0.4, 0.5) is 4.79 Å². The smallest absolute Gasteiger partial charge is 0.405 e. The Bertz CT molecular complexity index is 330. The molecule has 0 aliphatic carbocycles. The highest BCUT2D eigenvalue weighted by Crippen LogP contribution is 2.27. The van der Waals surface area contributed by atoms with E-state index in [0.717, 1.165) is 0 Å². The molecule has 1 unspecified atom stereocenters. The van der Waals surface area contributed by atoms with Gasteiger partial charge in [0.05, 0.1) is 12.6 Å². The van der Waals surface area contributed by atoms with Crippen LogP contribution in [0.15, 0.2) is 0 Å². The Morgan fingerprint density at radius 3 is 2.75 bits per heavy atom. The Morgan fingerprint density at radius 2 is 2.31 bits per heavy atom. The number of rotatable bonds is 2. The molecule has 3 atom stereocenters. The van der Waals surface area contributed by atoms with Crippen LogP contribution < -0.4 is 10.6 Å². The second-order valence-electron chi connectivity index (χ2n) is 4.33. The maximum absolute atomic E-state index is 11.2. The third-order valence-corrected chi connectivity index (χ3v) is 2.66. The number of nitrogens with one attached hydrogen (secondary N) is 2. The molecular weight excluding hydrogens is 216 g/mol. The highest BCUT2D eigenvalue weighted by Gasteiger charge is 2.49. The van der Waals surface area contributed by atoms with Gasteiger partial charge in [0, 0.05) is 0 Å². The van der Waals surface area contributed by atoms with Gasteiger partial charge in [-0.05, 0) is 13.8 Å². The summed E-state index contributed by atoms with van der Waals surface area (Å²) < 4.78 is 10.9. The predicted molar refractivity (Wildman–Crippen MR) is 51.8 cm³/mol. The zero-order chi connectivity index (χ0) is 11.9. The number of carbonyl (C=O) groups excluding carboxylic acids is 1. The van der Waals surface area contributed by atoms with Crippen molar-refractivity contribution < 1.29 is 24.2 Å². The SMILES string of the molecule is CC1(C)OCC([C@@H]2NC(=O)[C@@H]2NC(=O)O)O1. The maximum atomic E-state index is 11.2. The first-order chi connectivity index (χ1) is 7.39. The average molecular weight is 230 g/mol. The largest absolute Gasteiger partial charge is 0.465 e. The van der Waals surface area contributed by atoms with E-state index in [1.165, 1.54) is 0 Å². The van der Waals surface area contributed by atoms with Crippen LogP contribution in [0.5, 0.6) is 0 Å². The average Bonchev–Trinajstić information content (AvgIpc) is 2.51. The Kier molecular flexibility index (Phi) is 2.51. The van der Waals surface area contributed by atoms with Gasteiger partial charge >= 0.3 is 6.09 Å². The van der Waals surface area contributed by atoms with Crippen molar-refractivity contribution in [3.05, 3.63) is 0 Å². The van der Waals surface area contributed by atoms with Crippen LogP contribution in [0.3, 0.4) is 0 Å². The van der Waals surface area contributed by atoms with Gasteiger partial charge in [-0.1, -0.05) is 0 Å². The van der Waals surface area contributed by atoms with Gasteiger partial charge in [0.15, 0.2) is 5.79 Å². The topological polar surface area (TPSA) is 96.9 Å². The van der Waals surface area contributed by atoms with Crippen molar-refractivity contribution in [2.45, 2.75) is 37.8 Å². The van der Waals surface area contributed by atoms with Crippen molar-refractivity contribution in [1.82, 2.24) is 10.6 Å². The van der Waals surface area contributed by atoms with Crippen LogP contribution in [0.25, 0.3) is 0 Å². The molecule has 2 amide bonds. The van der Waals surface area contributed by atoms with E-state index < -0.39 is 17.9 Å². The molecule has 0 saturated carbocycles. The summed E-state index contributed by atoms with van der Waals surface area (Å²) in [5.74, 6) is -1.01. The van der Waals surface area contributed by atoms with Crippen LogP contribution in [-0.2, 0) is 14.3 Å². The van der Waals surface area contributed by atoms with E-state index in [1.807, 2.05) is 0 Å². The normalized spacial score (nSPS) is 36.4. The fourth-order valence-electron chi connectivity index (χ4n) is 1.89. The number of ether oxygens (including phenoxy) is 2. The molecule has 2 heterocycles. The van der Waals surface area contributed by atoms with Crippen LogP contribution in [0, 0.1) is 0 Å². The molecule has 2 aliphatic heterocycles. The first kappa shape index (κ1) is 11.2. The molecular formula is C9H14N2O5. The van der Waals surface area contributed by atoms with Crippen molar-refractivity contribution in [2.24, 2.45) is 0 Å². The van der Waals surface area contributed by atoms with E-state index in [9.17, 15) is 9.59 Å². The fourth-order valence-corrected chi connectivity index (χ4v) is 1.89. The predicted octanol–water partition coefficient (Wildman–Crippen LogP) is -0.727. The maximum Gasteiger partial charge on any atom is 0.405 e. The van der Waals surface area contributed by atoms with Crippen LogP contribution in [0.2, 0.25) is 0 Å². The number of hydrogen-bond acceptors (Lipinski definition) is 4. The standard InChI is InChI=1S/C9H14N2O5/c1-9(2)15-3-4(16-9)5-6(7(12)10-5)11-8(13)14/h4-6,11H,3H2,1-2H3,(H,10,12)(H,13,14)/t4?,5-,6+/m0/s1. The lowest BCUT2D eigenvalue weighted by molar-refractivity contribution is -0.153. The van der Waals surface area contributed by atoms with E-state index in [2.05, 4.69) is 10.6 Å². The zero-order valence-corrected chi connectivity index (χ0v) is 9.02. The third-order valence-electron chi connectivity index (χ3n) is 2.66. The van der Waals surface area contributed by atoms with E-state index in [0.29, 0.717) is 6.61 Å². The molecule has 2 saturated heterocycles. The summed E-state index contributed by atoms with van der Waals surface area (Å²) in [6.07, 6.45) is -1.53. The van der Waals surface area contributed by atoms with E-state index in [4.69, 9.17) is 14.6 Å². The van der Waals surface area contributed by atoms with Crippen molar-refractivity contribution in [3.8, 4) is 0 Å². The molecule has 2 aliphatic rings. The summed E-state index contributed by atoms with van der Waals surface area (Å²) in [5, 5.41) is 13.3. The van der Waals surface area contributed by atoms with Crippen molar-refractivity contribution >= 4 is 12.0 Å².